The lowest BCUT2D eigenvalue weighted by Crippen LogP contribution is -2.03. The van der Waals surface area contributed by atoms with Crippen LogP contribution in [0, 0.1) is 5.92 Å². The first-order valence-corrected chi connectivity index (χ1v) is 6.42. The maximum Gasteiger partial charge on any atom is 0.233 e. The maximum atomic E-state index is 8.90. The summed E-state index contributed by atoms with van der Waals surface area (Å²) in [6.45, 7) is 2.29. The minimum absolute atomic E-state index is 0.250. The van der Waals surface area contributed by atoms with Crippen molar-refractivity contribution in [2.45, 2.75) is 12.7 Å². The van der Waals surface area contributed by atoms with Crippen LogP contribution in [-0.2, 0) is 5.75 Å². The first-order valence-electron chi connectivity index (χ1n) is 5.27. The molecule has 0 aliphatic rings. The first kappa shape index (κ1) is 11.4. The smallest absolute Gasteiger partial charge is 0.233 e. The van der Waals surface area contributed by atoms with Crippen molar-refractivity contribution in [2.24, 2.45) is 5.92 Å². The maximum absolute atomic E-state index is 8.90. The van der Waals surface area contributed by atoms with Crippen LogP contribution in [-0.4, -0.2) is 31.8 Å². The molecule has 0 amide bonds. The molecular weight excluding hydrogens is 222 g/mol. The van der Waals surface area contributed by atoms with Gasteiger partial charge in [-0.3, -0.25) is 4.40 Å². The third kappa shape index (κ3) is 2.74. The molecule has 0 aliphatic heterocycles. The molecule has 0 saturated carbocycles. The van der Waals surface area contributed by atoms with Gasteiger partial charge in [0.15, 0.2) is 0 Å². The van der Waals surface area contributed by atoms with Crippen LogP contribution in [0.2, 0.25) is 0 Å². The predicted molar refractivity (Wildman–Crippen MR) is 65.4 cm³/mol. The molecule has 2 aromatic heterocycles. The van der Waals surface area contributed by atoms with Crippen LogP contribution in [0.4, 0.5) is 0 Å². The summed E-state index contributed by atoms with van der Waals surface area (Å²) in [6, 6.07) is 1.89. The standard InChI is InChI=1S/C11H15N3OS/c1-9(6-15)7-16-8-10-5-14-4-2-3-12-11(14)13-10/h2-5,9,15H,6-8H2,1H3. The molecule has 0 aliphatic carbocycles. The number of aliphatic hydroxyl groups excluding tert-OH is 1. The fraction of sp³-hybridized carbons (Fsp3) is 0.455. The van der Waals surface area contributed by atoms with E-state index < -0.39 is 0 Å². The van der Waals surface area contributed by atoms with E-state index in [1.807, 2.05) is 29.8 Å². The molecule has 2 heterocycles. The zero-order valence-corrected chi connectivity index (χ0v) is 10.0. The molecule has 0 radical (unpaired) electrons. The lowest BCUT2D eigenvalue weighted by molar-refractivity contribution is 0.250. The number of aromatic nitrogens is 3. The molecule has 0 spiro atoms. The molecule has 0 aromatic carbocycles. The third-order valence-corrected chi connectivity index (χ3v) is 3.55. The molecule has 0 saturated heterocycles. The van der Waals surface area contributed by atoms with E-state index in [1.54, 1.807) is 18.0 Å². The van der Waals surface area contributed by atoms with Crippen LogP contribution < -0.4 is 0 Å². The van der Waals surface area contributed by atoms with Gasteiger partial charge in [0.05, 0.1) is 5.69 Å². The molecule has 2 rings (SSSR count). The number of rotatable bonds is 5. The van der Waals surface area contributed by atoms with Crippen molar-refractivity contribution in [3.05, 3.63) is 30.4 Å². The minimum atomic E-state index is 0.250. The second-order valence-corrected chi connectivity index (χ2v) is 4.89. The van der Waals surface area contributed by atoms with Crippen molar-refractivity contribution >= 4 is 17.5 Å². The summed E-state index contributed by atoms with van der Waals surface area (Å²) < 4.78 is 1.92. The molecule has 1 atom stereocenters. The first-order chi connectivity index (χ1) is 7.79. The summed E-state index contributed by atoms with van der Waals surface area (Å²) in [5.41, 5.74) is 1.04. The quantitative estimate of drug-likeness (QED) is 0.858. The molecule has 86 valence electrons. The lowest BCUT2D eigenvalue weighted by Gasteiger charge is -2.05. The minimum Gasteiger partial charge on any atom is -0.396 e. The zero-order chi connectivity index (χ0) is 11.4. The van der Waals surface area contributed by atoms with Gasteiger partial charge in [-0.25, -0.2) is 9.97 Å². The van der Waals surface area contributed by atoms with Gasteiger partial charge in [0.25, 0.3) is 0 Å². The monoisotopic (exact) mass is 237 g/mol. The Balaban J connectivity index is 1.94. The molecule has 2 aromatic rings. The second kappa shape index (κ2) is 5.32. The highest BCUT2D eigenvalue weighted by atomic mass is 32.2. The van der Waals surface area contributed by atoms with E-state index in [1.165, 1.54) is 0 Å². The summed E-state index contributed by atoms with van der Waals surface area (Å²) in [6.07, 6.45) is 5.69. The van der Waals surface area contributed by atoms with E-state index in [2.05, 4.69) is 9.97 Å². The van der Waals surface area contributed by atoms with Crippen molar-refractivity contribution < 1.29 is 5.11 Å². The molecule has 4 nitrogen and oxygen atoms in total. The van der Waals surface area contributed by atoms with Crippen LogP contribution in [0.3, 0.4) is 0 Å². The van der Waals surface area contributed by atoms with Gasteiger partial charge in [0.2, 0.25) is 5.78 Å². The van der Waals surface area contributed by atoms with E-state index in [-0.39, 0.29) is 6.61 Å². The van der Waals surface area contributed by atoms with Gasteiger partial charge in [0, 0.05) is 31.0 Å². The van der Waals surface area contributed by atoms with E-state index in [0.717, 1.165) is 23.0 Å². The molecule has 16 heavy (non-hydrogen) atoms. The average molecular weight is 237 g/mol. The van der Waals surface area contributed by atoms with Crippen LogP contribution in [0.5, 0.6) is 0 Å². The average Bonchev–Trinajstić information content (AvgIpc) is 2.71. The Morgan fingerprint density at radius 2 is 2.44 bits per heavy atom. The zero-order valence-electron chi connectivity index (χ0n) is 9.21. The molecular formula is C11H15N3OS. The molecule has 5 heteroatoms. The van der Waals surface area contributed by atoms with Gasteiger partial charge in [-0.15, -0.1) is 0 Å². The van der Waals surface area contributed by atoms with Crippen molar-refractivity contribution in [2.75, 3.05) is 12.4 Å². The Hall–Kier alpha value is -1.07. The third-order valence-electron chi connectivity index (χ3n) is 2.25. The Bertz CT molecular complexity index is 424. The molecule has 0 bridgehead atoms. The van der Waals surface area contributed by atoms with Gasteiger partial charge >= 0.3 is 0 Å². The van der Waals surface area contributed by atoms with Crippen LogP contribution >= 0.6 is 11.8 Å². The Labute approximate surface area is 98.7 Å². The largest absolute Gasteiger partial charge is 0.396 e. The molecule has 1 N–H and O–H groups in total. The lowest BCUT2D eigenvalue weighted by atomic mass is 10.2. The Kier molecular flexibility index (Phi) is 3.79. The normalized spacial score (nSPS) is 13.1. The number of imidazole rings is 1. The Morgan fingerprint density at radius 1 is 1.56 bits per heavy atom. The summed E-state index contributed by atoms with van der Waals surface area (Å²) in [7, 11) is 0. The van der Waals surface area contributed by atoms with Crippen molar-refractivity contribution in [3.8, 4) is 0 Å². The van der Waals surface area contributed by atoms with Gasteiger partial charge in [0.1, 0.15) is 0 Å². The highest BCUT2D eigenvalue weighted by molar-refractivity contribution is 7.98. The van der Waals surface area contributed by atoms with Gasteiger partial charge in [-0.2, -0.15) is 11.8 Å². The number of nitrogens with zero attached hydrogens (tertiary/aromatic N) is 3. The second-order valence-electron chi connectivity index (χ2n) is 3.86. The summed E-state index contributed by atoms with van der Waals surface area (Å²) in [4.78, 5) is 8.57. The van der Waals surface area contributed by atoms with Gasteiger partial charge < -0.3 is 5.11 Å². The van der Waals surface area contributed by atoms with Crippen molar-refractivity contribution in [1.82, 2.24) is 14.4 Å². The summed E-state index contributed by atoms with van der Waals surface area (Å²) in [5.74, 6) is 2.92. The van der Waals surface area contributed by atoms with Crippen LogP contribution in [0.25, 0.3) is 5.78 Å². The van der Waals surface area contributed by atoms with E-state index >= 15 is 0 Å². The molecule has 1 unspecified atom stereocenters. The number of aliphatic hydroxyl groups is 1. The number of fused-ring (bicyclic) bond motifs is 1. The predicted octanol–water partition coefficient (Wildman–Crippen LogP) is 1.59. The summed E-state index contributed by atoms with van der Waals surface area (Å²) in [5, 5.41) is 8.90. The summed E-state index contributed by atoms with van der Waals surface area (Å²) >= 11 is 1.79. The molecule has 0 fully saturated rings. The fourth-order valence-electron chi connectivity index (χ4n) is 1.37. The van der Waals surface area contributed by atoms with Gasteiger partial charge in [-0.05, 0) is 17.7 Å². The fourth-order valence-corrected chi connectivity index (χ4v) is 2.34. The van der Waals surface area contributed by atoms with Crippen LogP contribution in [0.15, 0.2) is 24.7 Å². The number of hydrogen-bond donors (Lipinski definition) is 1. The van der Waals surface area contributed by atoms with E-state index in [9.17, 15) is 0 Å². The van der Waals surface area contributed by atoms with Gasteiger partial charge in [-0.1, -0.05) is 6.92 Å². The van der Waals surface area contributed by atoms with E-state index in [4.69, 9.17) is 5.11 Å². The Morgan fingerprint density at radius 3 is 3.19 bits per heavy atom. The number of hydrogen-bond acceptors (Lipinski definition) is 4. The number of thioether (sulfide) groups is 1. The van der Waals surface area contributed by atoms with E-state index in [0.29, 0.717) is 5.92 Å². The van der Waals surface area contributed by atoms with Crippen molar-refractivity contribution in [3.63, 3.8) is 0 Å². The SMILES string of the molecule is CC(CO)CSCc1cn2cccnc2n1. The van der Waals surface area contributed by atoms with Crippen LogP contribution in [0.1, 0.15) is 12.6 Å². The highest BCUT2D eigenvalue weighted by Crippen LogP contribution is 2.14. The highest BCUT2D eigenvalue weighted by Gasteiger charge is 2.04. The topological polar surface area (TPSA) is 50.4 Å². The van der Waals surface area contributed by atoms with Crippen molar-refractivity contribution in [1.29, 1.82) is 0 Å².